The quantitative estimate of drug-likeness (QED) is 0.192. The van der Waals surface area contributed by atoms with E-state index in [4.69, 9.17) is 0 Å². The summed E-state index contributed by atoms with van der Waals surface area (Å²) < 4.78 is 30.6. The second-order valence-electron chi connectivity index (χ2n) is 12.6. The first-order valence-corrected chi connectivity index (χ1v) is 16.1. The maximum absolute atomic E-state index is 15.3. The Morgan fingerprint density at radius 2 is 0.562 bits per heavy atom. The molecular formula is C42H34F2N4. The normalized spacial score (nSPS) is 15.3. The first-order chi connectivity index (χ1) is 23.3. The van der Waals surface area contributed by atoms with E-state index in [1.54, 1.807) is 12.1 Å². The number of benzene rings is 6. The van der Waals surface area contributed by atoms with Crippen LogP contribution in [-0.4, -0.2) is 0 Å². The lowest BCUT2D eigenvalue weighted by atomic mass is 10.2. The van der Waals surface area contributed by atoms with Crippen LogP contribution in [0.15, 0.2) is 145 Å². The van der Waals surface area contributed by atoms with Gasteiger partial charge in [0.2, 0.25) is 0 Å². The minimum atomic E-state index is -0.330. The van der Waals surface area contributed by atoms with Crippen LogP contribution in [0.2, 0.25) is 0 Å². The van der Waals surface area contributed by atoms with Crippen LogP contribution in [0.4, 0.5) is 54.3 Å². The van der Waals surface area contributed by atoms with Gasteiger partial charge in [0, 0.05) is 34.9 Å². The van der Waals surface area contributed by atoms with Crippen LogP contribution in [0.1, 0.15) is 22.3 Å². The van der Waals surface area contributed by atoms with Gasteiger partial charge in [-0.1, -0.05) is 70.8 Å². The number of rotatable bonds is 4. The van der Waals surface area contributed by atoms with Crippen molar-refractivity contribution in [3.8, 4) is 0 Å². The zero-order chi connectivity index (χ0) is 33.1. The van der Waals surface area contributed by atoms with Crippen LogP contribution in [0.25, 0.3) is 0 Å². The Hall–Kier alpha value is -5.88. The number of anilines is 8. The molecule has 0 aromatic heterocycles. The lowest BCUT2D eigenvalue weighted by Crippen LogP contribution is -2.33. The van der Waals surface area contributed by atoms with Gasteiger partial charge in [0.1, 0.15) is 11.6 Å². The zero-order valence-electron chi connectivity index (χ0n) is 27.2. The molecule has 236 valence electrons. The van der Waals surface area contributed by atoms with E-state index in [9.17, 15) is 0 Å². The topological polar surface area (TPSA) is 13.0 Å². The summed E-state index contributed by atoms with van der Waals surface area (Å²) in [6, 6.07) is 43.2. The number of hydrogen-bond acceptors (Lipinski definition) is 4. The smallest absolute Gasteiger partial charge is 0.166 e. The van der Waals surface area contributed by atoms with Gasteiger partial charge in [-0.05, 0) is 100 Å². The van der Waals surface area contributed by atoms with Crippen LogP contribution in [-0.2, 0) is 0 Å². The van der Waals surface area contributed by atoms with Gasteiger partial charge in [0.05, 0.1) is 22.7 Å². The predicted molar refractivity (Wildman–Crippen MR) is 193 cm³/mol. The molecule has 0 spiro atoms. The zero-order valence-corrected chi connectivity index (χ0v) is 27.2. The van der Waals surface area contributed by atoms with Gasteiger partial charge >= 0.3 is 0 Å². The van der Waals surface area contributed by atoms with Crippen molar-refractivity contribution >= 4 is 45.5 Å². The Morgan fingerprint density at radius 1 is 0.312 bits per heavy atom. The molecule has 0 saturated heterocycles. The maximum Gasteiger partial charge on any atom is 0.166 e. The molecule has 6 aromatic rings. The molecule has 0 radical (unpaired) electrons. The third kappa shape index (κ3) is 4.88. The fourth-order valence-corrected chi connectivity index (χ4v) is 6.61. The molecule has 2 aliphatic rings. The van der Waals surface area contributed by atoms with Gasteiger partial charge in [-0.15, -0.1) is 0 Å². The summed E-state index contributed by atoms with van der Waals surface area (Å²) >= 11 is 0. The second kappa shape index (κ2) is 11.4. The fraction of sp³-hybridized carbons (Fsp3) is 0.0952. The molecule has 2 heterocycles. The van der Waals surface area contributed by atoms with Gasteiger partial charge in [-0.2, -0.15) is 0 Å². The van der Waals surface area contributed by atoms with Crippen LogP contribution < -0.4 is 19.6 Å². The molecular weight excluding hydrogens is 598 g/mol. The summed E-state index contributed by atoms with van der Waals surface area (Å²) in [7, 11) is 0. The molecule has 2 aliphatic heterocycles. The standard InChI is InChI=1S/C42H34F2N4/c1-27-5-15-33(16-6-27)45-37-23-13-31(43)25-39(37)47(35-19-9-29(3)10-20-35)41(45)42-46(34-17-7-28(2)8-18-34)38-24-14-32(44)26-40(38)48(42)36-21-11-30(4)12-22-36/h5-26H,1-4H3/b42-41+. The number of fused-ring (bicyclic) bond motifs is 2. The first kappa shape index (κ1) is 29.5. The van der Waals surface area contributed by atoms with Gasteiger partial charge in [-0.3, -0.25) is 19.6 Å². The van der Waals surface area contributed by atoms with Crippen molar-refractivity contribution in [1.82, 2.24) is 0 Å². The molecule has 0 amide bonds. The molecule has 6 aromatic carbocycles. The van der Waals surface area contributed by atoms with E-state index >= 15 is 8.78 Å². The molecule has 0 unspecified atom stereocenters. The average molecular weight is 633 g/mol. The minimum Gasteiger partial charge on any atom is -0.291 e. The van der Waals surface area contributed by atoms with E-state index in [2.05, 4.69) is 144 Å². The van der Waals surface area contributed by atoms with Crippen molar-refractivity contribution in [2.45, 2.75) is 27.7 Å². The van der Waals surface area contributed by atoms with Gasteiger partial charge < -0.3 is 0 Å². The van der Waals surface area contributed by atoms with Gasteiger partial charge in [-0.25, -0.2) is 8.78 Å². The summed E-state index contributed by atoms with van der Waals surface area (Å²) in [6.07, 6.45) is 0. The number of hydrogen-bond donors (Lipinski definition) is 0. The van der Waals surface area contributed by atoms with Crippen LogP contribution in [0.3, 0.4) is 0 Å². The summed E-state index contributed by atoms with van der Waals surface area (Å²) in [4.78, 5) is 8.62. The Balaban J connectivity index is 1.54. The number of aryl methyl sites for hydroxylation is 4. The highest BCUT2D eigenvalue weighted by Crippen LogP contribution is 2.57. The highest BCUT2D eigenvalue weighted by Gasteiger charge is 2.44. The van der Waals surface area contributed by atoms with Crippen molar-refractivity contribution < 1.29 is 8.78 Å². The Morgan fingerprint density at radius 3 is 0.833 bits per heavy atom. The Labute approximate surface area is 280 Å². The largest absolute Gasteiger partial charge is 0.291 e. The van der Waals surface area contributed by atoms with E-state index in [0.29, 0.717) is 11.4 Å². The third-order valence-electron chi connectivity index (χ3n) is 9.05. The predicted octanol–water partition coefficient (Wildman–Crippen LogP) is 11.6. The molecule has 8 rings (SSSR count). The van der Waals surface area contributed by atoms with Crippen molar-refractivity contribution in [2.24, 2.45) is 0 Å². The molecule has 6 heteroatoms. The van der Waals surface area contributed by atoms with Gasteiger partial charge in [0.15, 0.2) is 11.6 Å². The molecule has 0 aliphatic carbocycles. The Bertz CT molecular complexity index is 2030. The van der Waals surface area contributed by atoms with E-state index in [0.717, 1.165) is 68.0 Å². The highest BCUT2D eigenvalue weighted by atomic mass is 19.1. The van der Waals surface area contributed by atoms with E-state index < -0.39 is 0 Å². The van der Waals surface area contributed by atoms with E-state index in [1.807, 2.05) is 12.1 Å². The third-order valence-corrected chi connectivity index (χ3v) is 9.05. The van der Waals surface area contributed by atoms with Crippen molar-refractivity contribution in [3.63, 3.8) is 0 Å². The van der Waals surface area contributed by atoms with E-state index in [1.165, 1.54) is 12.1 Å². The van der Waals surface area contributed by atoms with Crippen LogP contribution in [0, 0.1) is 39.3 Å². The minimum absolute atomic E-state index is 0.330. The molecule has 0 N–H and O–H groups in total. The summed E-state index contributed by atoms with van der Waals surface area (Å²) in [5, 5.41) is 0. The summed E-state index contributed by atoms with van der Waals surface area (Å²) in [5.74, 6) is 0.897. The molecule has 48 heavy (non-hydrogen) atoms. The average Bonchev–Trinajstić information content (AvgIpc) is 3.58. The fourth-order valence-electron chi connectivity index (χ4n) is 6.61. The van der Waals surface area contributed by atoms with Crippen LogP contribution in [0.5, 0.6) is 0 Å². The Kier molecular flexibility index (Phi) is 7.02. The van der Waals surface area contributed by atoms with Gasteiger partial charge in [0.25, 0.3) is 0 Å². The number of nitrogens with zero attached hydrogens (tertiary/aromatic N) is 4. The second-order valence-corrected chi connectivity index (χ2v) is 12.6. The molecule has 0 fully saturated rings. The van der Waals surface area contributed by atoms with Crippen molar-refractivity contribution in [3.05, 3.63) is 179 Å². The lowest BCUT2D eigenvalue weighted by molar-refractivity contribution is 0.628. The molecule has 0 bridgehead atoms. The molecule has 0 atom stereocenters. The molecule has 4 nitrogen and oxygen atoms in total. The van der Waals surface area contributed by atoms with Crippen LogP contribution >= 0.6 is 0 Å². The lowest BCUT2D eigenvalue weighted by Gasteiger charge is -2.34. The SMILES string of the molecule is Cc1ccc(N2/C(=C3/N(c4ccc(C)cc4)c4ccc(F)cc4N3c3ccc(C)cc3)N(c3ccc(C)cc3)c3cc(F)ccc32)cc1. The summed E-state index contributed by atoms with van der Waals surface area (Å²) in [6.45, 7) is 8.24. The highest BCUT2D eigenvalue weighted by molar-refractivity contribution is 6.00. The monoisotopic (exact) mass is 632 g/mol. The maximum atomic E-state index is 15.3. The first-order valence-electron chi connectivity index (χ1n) is 16.1. The van der Waals surface area contributed by atoms with Crippen molar-refractivity contribution in [2.75, 3.05) is 19.6 Å². The van der Waals surface area contributed by atoms with E-state index in [-0.39, 0.29) is 11.6 Å². The number of halogens is 2. The molecule has 0 saturated carbocycles. The summed E-state index contributed by atoms with van der Waals surface area (Å²) in [5.41, 5.74) is 11.2. The van der Waals surface area contributed by atoms with Crippen molar-refractivity contribution in [1.29, 1.82) is 0 Å².